The minimum absolute atomic E-state index is 0.174. The first-order chi connectivity index (χ1) is 9.35. The van der Waals surface area contributed by atoms with E-state index in [-0.39, 0.29) is 5.97 Å². The number of esters is 1. The molecule has 0 aliphatic heterocycles. The lowest BCUT2D eigenvalue weighted by Gasteiger charge is -2.19. The lowest BCUT2D eigenvalue weighted by molar-refractivity contribution is -0.154. The van der Waals surface area contributed by atoms with Crippen molar-refractivity contribution in [2.24, 2.45) is 0 Å². The third-order valence-corrected chi connectivity index (χ3v) is 2.71. The molecule has 0 aliphatic rings. The van der Waals surface area contributed by atoms with E-state index in [1.54, 1.807) is 7.11 Å². The highest BCUT2D eigenvalue weighted by Crippen LogP contribution is 2.21. The van der Waals surface area contributed by atoms with Gasteiger partial charge in [0.2, 0.25) is 0 Å². The van der Waals surface area contributed by atoms with Crippen LogP contribution in [-0.2, 0) is 16.0 Å². The second-order valence-corrected chi connectivity index (χ2v) is 5.65. The van der Waals surface area contributed by atoms with Gasteiger partial charge in [0.1, 0.15) is 11.4 Å². The van der Waals surface area contributed by atoms with Crippen LogP contribution in [0.1, 0.15) is 45.2 Å². The quantitative estimate of drug-likeness (QED) is 0.762. The summed E-state index contributed by atoms with van der Waals surface area (Å²) in [7, 11) is 1.64. The van der Waals surface area contributed by atoms with Gasteiger partial charge in [-0.15, -0.1) is 0 Å². The van der Waals surface area contributed by atoms with Gasteiger partial charge in [-0.2, -0.15) is 0 Å². The normalized spacial score (nSPS) is 11.7. The van der Waals surface area contributed by atoms with Crippen molar-refractivity contribution in [1.29, 1.82) is 0 Å². The Hall–Kier alpha value is -1.77. The van der Waals surface area contributed by atoms with Gasteiger partial charge in [-0.05, 0) is 57.4 Å². The molecule has 0 unspecified atom stereocenters. The fourth-order valence-electron chi connectivity index (χ4n) is 1.90. The highest BCUT2D eigenvalue weighted by Gasteiger charge is 2.16. The monoisotopic (exact) mass is 276 g/mol. The molecule has 1 rings (SSSR count). The van der Waals surface area contributed by atoms with Gasteiger partial charge in [0.05, 0.1) is 7.11 Å². The van der Waals surface area contributed by atoms with Gasteiger partial charge >= 0.3 is 5.97 Å². The average molecular weight is 276 g/mol. The molecule has 0 amide bonds. The molecule has 1 aromatic carbocycles. The molecule has 0 aliphatic carbocycles. The Balaban J connectivity index is 2.77. The predicted molar refractivity (Wildman–Crippen MR) is 81.9 cm³/mol. The number of benzene rings is 1. The van der Waals surface area contributed by atoms with Crippen LogP contribution in [0.3, 0.4) is 0 Å². The second-order valence-electron chi connectivity index (χ2n) is 5.65. The molecule has 0 N–H and O–H groups in total. The maximum absolute atomic E-state index is 11.8. The number of ether oxygens (including phenoxy) is 2. The Kier molecular flexibility index (Phi) is 5.81. The molecule has 0 heterocycles. The van der Waals surface area contributed by atoms with Crippen LogP contribution in [0.5, 0.6) is 5.75 Å². The van der Waals surface area contributed by atoms with E-state index in [0.29, 0.717) is 12.8 Å². The Morgan fingerprint density at radius 1 is 1.30 bits per heavy atom. The number of carbonyl (C=O) groups is 1. The average Bonchev–Trinajstić information content (AvgIpc) is 2.36. The van der Waals surface area contributed by atoms with Crippen LogP contribution in [0.25, 0.3) is 6.08 Å². The minimum Gasteiger partial charge on any atom is -0.497 e. The molecule has 0 fully saturated rings. The highest BCUT2D eigenvalue weighted by molar-refractivity contribution is 5.70. The SMILES string of the molecule is C/C=C\c1ccc(OC)cc1CCC(=O)OC(C)(C)C. The molecule has 0 spiro atoms. The van der Waals surface area contributed by atoms with E-state index in [2.05, 4.69) is 0 Å². The Labute approximate surface area is 121 Å². The van der Waals surface area contributed by atoms with Crippen molar-refractivity contribution < 1.29 is 14.3 Å². The molecule has 20 heavy (non-hydrogen) atoms. The number of allylic oxidation sites excluding steroid dienone is 1. The standard InChI is InChI=1S/C17H24O3/c1-6-7-13-8-10-15(19-5)12-14(13)9-11-16(18)20-17(2,3)4/h6-8,10,12H,9,11H2,1-5H3/b7-6-. The Morgan fingerprint density at radius 2 is 2.00 bits per heavy atom. The van der Waals surface area contributed by atoms with Crippen LogP contribution in [0.2, 0.25) is 0 Å². The summed E-state index contributed by atoms with van der Waals surface area (Å²) in [6.07, 6.45) is 5.03. The maximum atomic E-state index is 11.8. The van der Waals surface area contributed by atoms with Crippen molar-refractivity contribution in [3.05, 3.63) is 35.4 Å². The van der Waals surface area contributed by atoms with Crippen molar-refractivity contribution in [1.82, 2.24) is 0 Å². The van der Waals surface area contributed by atoms with Gasteiger partial charge in [0.15, 0.2) is 0 Å². The van der Waals surface area contributed by atoms with Gasteiger partial charge in [-0.25, -0.2) is 0 Å². The number of hydrogen-bond acceptors (Lipinski definition) is 3. The third-order valence-electron chi connectivity index (χ3n) is 2.71. The third kappa shape index (κ3) is 5.47. The smallest absolute Gasteiger partial charge is 0.306 e. The van der Waals surface area contributed by atoms with Gasteiger partial charge in [0.25, 0.3) is 0 Å². The zero-order chi connectivity index (χ0) is 15.2. The minimum atomic E-state index is -0.433. The molecule has 0 aromatic heterocycles. The van der Waals surface area contributed by atoms with E-state index in [4.69, 9.17) is 9.47 Å². The van der Waals surface area contributed by atoms with Crippen molar-refractivity contribution in [3.63, 3.8) is 0 Å². The second kappa shape index (κ2) is 7.13. The molecule has 110 valence electrons. The van der Waals surface area contributed by atoms with Crippen LogP contribution in [0, 0.1) is 0 Å². The summed E-state index contributed by atoms with van der Waals surface area (Å²) < 4.78 is 10.6. The predicted octanol–water partition coefficient (Wildman–Crippen LogP) is 4.00. The zero-order valence-electron chi connectivity index (χ0n) is 13.0. The van der Waals surface area contributed by atoms with E-state index < -0.39 is 5.60 Å². The van der Waals surface area contributed by atoms with Crippen LogP contribution in [-0.4, -0.2) is 18.7 Å². The molecule has 0 atom stereocenters. The van der Waals surface area contributed by atoms with Gasteiger partial charge < -0.3 is 9.47 Å². The Morgan fingerprint density at radius 3 is 2.55 bits per heavy atom. The molecule has 1 aromatic rings. The van der Waals surface area contributed by atoms with Gasteiger partial charge in [-0.3, -0.25) is 4.79 Å². The lowest BCUT2D eigenvalue weighted by Crippen LogP contribution is -2.24. The van der Waals surface area contributed by atoms with E-state index in [0.717, 1.165) is 16.9 Å². The van der Waals surface area contributed by atoms with Crippen molar-refractivity contribution in [3.8, 4) is 5.75 Å². The summed E-state index contributed by atoms with van der Waals surface area (Å²) >= 11 is 0. The van der Waals surface area contributed by atoms with Gasteiger partial charge in [0, 0.05) is 6.42 Å². The van der Waals surface area contributed by atoms with Crippen molar-refractivity contribution in [2.75, 3.05) is 7.11 Å². The van der Waals surface area contributed by atoms with E-state index >= 15 is 0 Å². The number of methoxy groups -OCH3 is 1. The van der Waals surface area contributed by atoms with Crippen molar-refractivity contribution >= 4 is 12.0 Å². The Bertz CT molecular complexity index is 481. The maximum Gasteiger partial charge on any atom is 0.306 e. The summed E-state index contributed by atoms with van der Waals surface area (Å²) in [4.78, 5) is 11.8. The molecule has 3 heteroatoms. The van der Waals surface area contributed by atoms with Crippen molar-refractivity contribution in [2.45, 2.75) is 46.1 Å². The molecule has 0 bridgehead atoms. The molecular formula is C17H24O3. The zero-order valence-corrected chi connectivity index (χ0v) is 13.0. The molecule has 0 saturated heterocycles. The molecule has 3 nitrogen and oxygen atoms in total. The summed E-state index contributed by atoms with van der Waals surface area (Å²) in [6.45, 7) is 7.60. The molecule has 0 radical (unpaired) electrons. The number of carbonyl (C=O) groups excluding carboxylic acids is 1. The fraction of sp³-hybridized carbons (Fsp3) is 0.471. The van der Waals surface area contributed by atoms with Gasteiger partial charge in [-0.1, -0.05) is 18.2 Å². The number of hydrogen-bond donors (Lipinski definition) is 0. The molecule has 0 saturated carbocycles. The van der Waals surface area contributed by atoms with Crippen LogP contribution >= 0.6 is 0 Å². The molecular weight excluding hydrogens is 252 g/mol. The number of aryl methyl sites for hydroxylation is 1. The van der Waals surface area contributed by atoms with Crippen LogP contribution in [0.15, 0.2) is 24.3 Å². The summed E-state index contributed by atoms with van der Waals surface area (Å²) in [5.74, 6) is 0.629. The lowest BCUT2D eigenvalue weighted by atomic mass is 10.0. The summed E-state index contributed by atoms with van der Waals surface area (Å²) in [5.41, 5.74) is 1.77. The van der Waals surface area contributed by atoms with Crippen LogP contribution in [0.4, 0.5) is 0 Å². The topological polar surface area (TPSA) is 35.5 Å². The highest BCUT2D eigenvalue weighted by atomic mass is 16.6. The van der Waals surface area contributed by atoms with E-state index in [1.807, 2.05) is 58.0 Å². The van der Waals surface area contributed by atoms with E-state index in [9.17, 15) is 4.79 Å². The largest absolute Gasteiger partial charge is 0.497 e. The first kappa shape index (κ1) is 16.3. The van der Waals surface area contributed by atoms with Crippen LogP contribution < -0.4 is 4.74 Å². The van der Waals surface area contributed by atoms with E-state index in [1.165, 1.54) is 0 Å². The first-order valence-electron chi connectivity index (χ1n) is 6.87. The fourth-order valence-corrected chi connectivity index (χ4v) is 1.90. The number of rotatable bonds is 5. The summed E-state index contributed by atoms with van der Waals surface area (Å²) in [6, 6.07) is 5.90. The summed E-state index contributed by atoms with van der Waals surface area (Å²) in [5, 5.41) is 0. The first-order valence-corrected chi connectivity index (χ1v) is 6.87.